The second-order valence-corrected chi connectivity index (χ2v) is 4.84. The van der Waals surface area contributed by atoms with E-state index in [1.165, 1.54) is 5.56 Å². The minimum atomic E-state index is 0.711. The molecular formula is C12H15BrN4. The van der Waals surface area contributed by atoms with E-state index in [1.54, 1.807) is 12.4 Å². The second-order valence-electron chi connectivity index (χ2n) is 3.92. The maximum atomic E-state index is 5.52. The van der Waals surface area contributed by atoms with Crippen LogP contribution in [0.25, 0.3) is 5.69 Å². The molecule has 0 aromatic carbocycles. The van der Waals surface area contributed by atoms with Crippen LogP contribution in [0.3, 0.4) is 0 Å². The molecule has 0 fully saturated rings. The molecule has 0 aliphatic heterocycles. The molecule has 5 heteroatoms. The molecule has 0 spiro atoms. The Morgan fingerprint density at radius 1 is 1.35 bits per heavy atom. The van der Waals surface area contributed by atoms with Crippen molar-refractivity contribution in [2.45, 2.75) is 19.8 Å². The van der Waals surface area contributed by atoms with Crippen molar-refractivity contribution in [2.75, 3.05) is 6.54 Å². The quantitative estimate of drug-likeness (QED) is 0.941. The van der Waals surface area contributed by atoms with Crippen LogP contribution in [0.4, 0.5) is 0 Å². The summed E-state index contributed by atoms with van der Waals surface area (Å²) in [5, 5.41) is 4.40. The first-order chi connectivity index (χ1) is 8.22. The van der Waals surface area contributed by atoms with Gasteiger partial charge in [0.25, 0.3) is 0 Å². The standard InChI is InChI=1S/C12H15BrN4/c1-9-10(3-2-4-14)6-16-17(9)12-5-11(13)7-15-8-12/h5-8H,2-4,14H2,1H3. The molecule has 0 amide bonds. The summed E-state index contributed by atoms with van der Waals surface area (Å²) in [6.45, 7) is 2.78. The number of nitrogens with two attached hydrogens (primary N) is 1. The zero-order chi connectivity index (χ0) is 12.3. The minimum absolute atomic E-state index is 0.711. The molecule has 90 valence electrons. The Morgan fingerprint density at radius 3 is 2.88 bits per heavy atom. The van der Waals surface area contributed by atoms with E-state index in [2.05, 4.69) is 32.9 Å². The van der Waals surface area contributed by atoms with Gasteiger partial charge >= 0.3 is 0 Å². The van der Waals surface area contributed by atoms with Crippen molar-refractivity contribution in [3.8, 4) is 5.69 Å². The van der Waals surface area contributed by atoms with Gasteiger partial charge in [0.05, 0.1) is 18.1 Å². The van der Waals surface area contributed by atoms with E-state index >= 15 is 0 Å². The third-order valence-corrected chi connectivity index (χ3v) is 3.13. The van der Waals surface area contributed by atoms with Crippen LogP contribution >= 0.6 is 15.9 Å². The summed E-state index contributed by atoms with van der Waals surface area (Å²) >= 11 is 3.41. The Hall–Kier alpha value is -1.20. The average molecular weight is 295 g/mol. The molecule has 2 rings (SSSR count). The van der Waals surface area contributed by atoms with E-state index in [4.69, 9.17) is 5.73 Å². The SMILES string of the molecule is Cc1c(CCCN)cnn1-c1cncc(Br)c1. The Balaban J connectivity index is 2.30. The molecular weight excluding hydrogens is 280 g/mol. The Labute approximate surface area is 109 Å². The number of nitrogens with zero attached hydrogens (tertiary/aromatic N) is 3. The van der Waals surface area contributed by atoms with E-state index in [1.807, 2.05) is 16.9 Å². The smallest absolute Gasteiger partial charge is 0.0843 e. The topological polar surface area (TPSA) is 56.7 Å². The lowest BCUT2D eigenvalue weighted by atomic mass is 10.1. The van der Waals surface area contributed by atoms with Gasteiger partial charge in [-0.2, -0.15) is 5.10 Å². The fourth-order valence-corrected chi connectivity index (χ4v) is 2.11. The van der Waals surface area contributed by atoms with Gasteiger partial charge in [0.2, 0.25) is 0 Å². The highest BCUT2D eigenvalue weighted by atomic mass is 79.9. The van der Waals surface area contributed by atoms with Crippen molar-refractivity contribution >= 4 is 15.9 Å². The number of hydrogen-bond donors (Lipinski definition) is 1. The molecule has 0 radical (unpaired) electrons. The first-order valence-electron chi connectivity index (χ1n) is 5.57. The van der Waals surface area contributed by atoms with Gasteiger partial charge in [-0.1, -0.05) is 0 Å². The zero-order valence-corrected chi connectivity index (χ0v) is 11.3. The number of aromatic nitrogens is 3. The van der Waals surface area contributed by atoms with Crippen LogP contribution in [0, 0.1) is 6.92 Å². The maximum absolute atomic E-state index is 5.52. The van der Waals surface area contributed by atoms with Crippen LogP contribution in [0.15, 0.2) is 29.1 Å². The first-order valence-corrected chi connectivity index (χ1v) is 6.36. The van der Waals surface area contributed by atoms with Crippen LogP contribution < -0.4 is 5.73 Å². The summed E-state index contributed by atoms with van der Waals surface area (Å²) in [5.41, 5.74) is 8.89. The van der Waals surface area contributed by atoms with Crippen LogP contribution in [-0.2, 0) is 6.42 Å². The van der Waals surface area contributed by atoms with Crippen molar-refractivity contribution < 1.29 is 0 Å². The van der Waals surface area contributed by atoms with Crippen molar-refractivity contribution in [2.24, 2.45) is 5.73 Å². The maximum Gasteiger partial charge on any atom is 0.0843 e. The Kier molecular flexibility index (Phi) is 3.91. The highest BCUT2D eigenvalue weighted by molar-refractivity contribution is 9.10. The van der Waals surface area contributed by atoms with Gasteiger partial charge in [0.15, 0.2) is 0 Å². The molecule has 0 unspecified atom stereocenters. The molecule has 17 heavy (non-hydrogen) atoms. The van der Waals surface area contributed by atoms with Gasteiger partial charge in [0, 0.05) is 16.4 Å². The van der Waals surface area contributed by atoms with Crippen LogP contribution in [-0.4, -0.2) is 21.3 Å². The van der Waals surface area contributed by atoms with Crippen molar-refractivity contribution in [1.29, 1.82) is 0 Å². The molecule has 0 saturated carbocycles. The highest BCUT2D eigenvalue weighted by Crippen LogP contribution is 2.17. The average Bonchev–Trinajstić information content (AvgIpc) is 2.68. The summed E-state index contributed by atoms with van der Waals surface area (Å²) < 4.78 is 2.86. The summed E-state index contributed by atoms with van der Waals surface area (Å²) in [4.78, 5) is 4.15. The number of pyridine rings is 1. The molecule has 2 aromatic heterocycles. The van der Waals surface area contributed by atoms with Gasteiger partial charge in [-0.25, -0.2) is 4.68 Å². The van der Waals surface area contributed by atoms with Crippen LogP contribution in [0.1, 0.15) is 17.7 Å². The van der Waals surface area contributed by atoms with E-state index < -0.39 is 0 Å². The molecule has 2 N–H and O–H groups in total. The van der Waals surface area contributed by atoms with E-state index in [0.717, 1.165) is 28.7 Å². The second kappa shape index (κ2) is 5.42. The summed E-state index contributed by atoms with van der Waals surface area (Å²) in [6, 6.07) is 2.00. The lowest BCUT2D eigenvalue weighted by Crippen LogP contribution is -2.02. The molecule has 0 saturated heterocycles. The van der Waals surface area contributed by atoms with Crippen LogP contribution in [0.5, 0.6) is 0 Å². The number of hydrogen-bond acceptors (Lipinski definition) is 3. The van der Waals surface area contributed by atoms with Gasteiger partial charge in [-0.3, -0.25) is 4.98 Å². The lowest BCUT2D eigenvalue weighted by molar-refractivity contribution is 0.813. The van der Waals surface area contributed by atoms with Crippen molar-refractivity contribution in [1.82, 2.24) is 14.8 Å². The highest BCUT2D eigenvalue weighted by Gasteiger charge is 2.08. The predicted molar refractivity (Wildman–Crippen MR) is 71.2 cm³/mol. The van der Waals surface area contributed by atoms with Gasteiger partial charge < -0.3 is 5.73 Å². The Morgan fingerprint density at radius 2 is 2.18 bits per heavy atom. The summed E-state index contributed by atoms with van der Waals surface area (Å²) in [6.07, 6.45) is 7.44. The van der Waals surface area contributed by atoms with Gasteiger partial charge in [-0.15, -0.1) is 0 Å². The largest absolute Gasteiger partial charge is 0.330 e. The number of halogens is 1. The van der Waals surface area contributed by atoms with E-state index in [-0.39, 0.29) is 0 Å². The number of rotatable bonds is 4. The molecule has 0 aliphatic rings. The van der Waals surface area contributed by atoms with Crippen LogP contribution in [0.2, 0.25) is 0 Å². The van der Waals surface area contributed by atoms with Gasteiger partial charge in [-0.05, 0) is 53.9 Å². The molecule has 0 aliphatic carbocycles. The van der Waals surface area contributed by atoms with Crippen molar-refractivity contribution in [3.63, 3.8) is 0 Å². The fraction of sp³-hybridized carbons (Fsp3) is 0.333. The fourth-order valence-electron chi connectivity index (χ4n) is 1.76. The zero-order valence-electron chi connectivity index (χ0n) is 9.73. The predicted octanol–water partition coefficient (Wildman–Crippen LogP) is 2.23. The number of aryl methyl sites for hydroxylation is 1. The molecule has 0 bridgehead atoms. The van der Waals surface area contributed by atoms with E-state index in [9.17, 15) is 0 Å². The molecule has 4 nitrogen and oxygen atoms in total. The van der Waals surface area contributed by atoms with E-state index in [0.29, 0.717) is 6.54 Å². The monoisotopic (exact) mass is 294 g/mol. The summed E-state index contributed by atoms with van der Waals surface area (Å²) in [5.74, 6) is 0. The molecule has 0 atom stereocenters. The molecule has 2 aromatic rings. The minimum Gasteiger partial charge on any atom is -0.330 e. The van der Waals surface area contributed by atoms with Gasteiger partial charge in [0.1, 0.15) is 0 Å². The third kappa shape index (κ3) is 2.73. The third-order valence-electron chi connectivity index (χ3n) is 2.70. The van der Waals surface area contributed by atoms with Crippen molar-refractivity contribution in [3.05, 3.63) is 40.4 Å². The normalized spacial score (nSPS) is 10.8. The first kappa shape index (κ1) is 12.3. The summed E-state index contributed by atoms with van der Waals surface area (Å²) in [7, 11) is 0. The Bertz CT molecular complexity index is 507. The lowest BCUT2D eigenvalue weighted by Gasteiger charge is -2.05. The molecule has 2 heterocycles.